The summed E-state index contributed by atoms with van der Waals surface area (Å²) in [5.41, 5.74) is 6.14. The molecule has 1 heterocycles. The Morgan fingerprint density at radius 2 is 1.23 bits per heavy atom. The maximum Gasteiger partial charge on any atom is 0.270 e. The second-order valence-corrected chi connectivity index (χ2v) is 11.5. The molecular formula is C38H32N2O3. The second-order valence-electron chi connectivity index (χ2n) is 11.5. The van der Waals surface area contributed by atoms with Crippen molar-refractivity contribution in [1.82, 2.24) is 0 Å². The van der Waals surface area contributed by atoms with E-state index in [2.05, 4.69) is 97.9 Å². The summed E-state index contributed by atoms with van der Waals surface area (Å²) in [5.74, 6) is -0.285. The van der Waals surface area contributed by atoms with Gasteiger partial charge >= 0.3 is 0 Å². The number of rotatable bonds is 6. The fraction of sp³-hybridized carbons (Fsp3) is 0.132. The number of carbonyl (C=O) groups excluding carboxylic acids is 1. The second kappa shape index (κ2) is 10.8. The van der Waals surface area contributed by atoms with Gasteiger partial charge in [-0.05, 0) is 66.8 Å². The molecule has 0 fully saturated rings. The number of hydrogen-bond acceptors (Lipinski definition) is 3. The molecule has 0 spiro atoms. The van der Waals surface area contributed by atoms with E-state index in [1.807, 2.05) is 38.1 Å². The number of nitrogens with zero attached hydrogens (tertiary/aromatic N) is 2. The third-order valence-electron chi connectivity index (χ3n) is 8.37. The first kappa shape index (κ1) is 27.9. The Labute approximate surface area is 251 Å². The number of carbonyl (C=O) groups is 1. The lowest BCUT2D eigenvalue weighted by Crippen LogP contribution is -2.49. The fourth-order valence-corrected chi connectivity index (χ4v) is 6.58. The molecule has 0 N–H and O–H groups in total. The highest BCUT2D eigenvalue weighted by Gasteiger charge is 2.41. The highest BCUT2D eigenvalue weighted by atomic mass is 16.6. The van der Waals surface area contributed by atoms with Crippen LogP contribution in [0.25, 0.3) is 5.57 Å². The van der Waals surface area contributed by atoms with Gasteiger partial charge in [0.05, 0.1) is 21.6 Å². The van der Waals surface area contributed by atoms with Crippen LogP contribution in [-0.4, -0.2) is 16.4 Å². The Morgan fingerprint density at radius 1 is 0.698 bits per heavy atom. The van der Waals surface area contributed by atoms with Crippen LogP contribution in [0, 0.1) is 10.1 Å². The summed E-state index contributed by atoms with van der Waals surface area (Å²) in [4.78, 5) is 26.8. The number of non-ortho nitro benzene ring substituents is 1. The maximum absolute atomic E-state index is 14.1. The van der Waals surface area contributed by atoms with Crippen LogP contribution >= 0.6 is 0 Å². The predicted octanol–water partition coefficient (Wildman–Crippen LogP) is 8.82. The number of benzene rings is 5. The number of anilines is 1. The van der Waals surface area contributed by atoms with Gasteiger partial charge in [0.25, 0.3) is 11.6 Å². The first-order valence-electron chi connectivity index (χ1n) is 14.3. The molecule has 5 aromatic rings. The number of amides is 1. The fourth-order valence-electron chi connectivity index (χ4n) is 6.58. The van der Waals surface area contributed by atoms with Crippen molar-refractivity contribution in [3.05, 3.63) is 183 Å². The third-order valence-corrected chi connectivity index (χ3v) is 8.37. The zero-order valence-corrected chi connectivity index (χ0v) is 24.4. The number of nitro benzene ring substituents is 1. The third kappa shape index (κ3) is 4.73. The van der Waals surface area contributed by atoms with Crippen molar-refractivity contribution >= 4 is 22.9 Å². The van der Waals surface area contributed by atoms with Gasteiger partial charge in [-0.3, -0.25) is 19.8 Å². The topological polar surface area (TPSA) is 63.5 Å². The smallest absolute Gasteiger partial charge is 0.270 e. The summed E-state index contributed by atoms with van der Waals surface area (Å²) in [6.07, 6.45) is 2.10. The standard InChI is InChI=1S/C38H32N2O3/c1-27-26-37(2,3)39(36(41)28-14-13-21-33(24-28)40(42)43)35-23-22-32(25-34(27)35)38(29-15-7-4-8-16-29,30-17-9-5-10-18-30)31-19-11-6-12-20-31/h4-26H,1-3H3. The van der Waals surface area contributed by atoms with Crippen LogP contribution in [0.5, 0.6) is 0 Å². The number of nitro groups is 1. The minimum atomic E-state index is -0.657. The lowest BCUT2D eigenvalue weighted by Gasteiger charge is -2.43. The van der Waals surface area contributed by atoms with Crippen LogP contribution in [0.1, 0.15) is 58.9 Å². The molecule has 0 saturated heterocycles. The highest BCUT2D eigenvalue weighted by molar-refractivity contribution is 6.10. The Hall–Kier alpha value is -5.29. The summed E-state index contributed by atoms with van der Waals surface area (Å²) in [5, 5.41) is 11.5. The molecule has 0 aromatic heterocycles. The van der Waals surface area contributed by atoms with E-state index in [-0.39, 0.29) is 17.2 Å². The molecule has 1 aliphatic rings. The Balaban J connectivity index is 1.60. The van der Waals surface area contributed by atoms with Gasteiger partial charge in [0.1, 0.15) is 0 Å². The molecule has 5 nitrogen and oxygen atoms in total. The lowest BCUT2D eigenvalue weighted by atomic mass is 9.64. The van der Waals surface area contributed by atoms with Crippen molar-refractivity contribution in [2.45, 2.75) is 31.7 Å². The number of allylic oxidation sites excluding steroid dienone is 1. The SMILES string of the molecule is CC1=CC(C)(C)N(C(=O)c2cccc([N+](=O)[O-])c2)c2ccc(C(c3ccccc3)(c3ccccc3)c3ccccc3)cc21. The average Bonchev–Trinajstić information content (AvgIpc) is 3.03. The highest BCUT2D eigenvalue weighted by Crippen LogP contribution is 2.48. The van der Waals surface area contributed by atoms with E-state index < -0.39 is 15.9 Å². The van der Waals surface area contributed by atoms with Crippen molar-refractivity contribution in [1.29, 1.82) is 0 Å². The van der Waals surface area contributed by atoms with Crippen molar-refractivity contribution in [3.8, 4) is 0 Å². The number of hydrogen-bond donors (Lipinski definition) is 0. The predicted molar refractivity (Wildman–Crippen MR) is 172 cm³/mol. The molecule has 0 atom stereocenters. The van der Waals surface area contributed by atoms with Crippen molar-refractivity contribution in [3.63, 3.8) is 0 Å². The molecule has 0 unspecified atom stereocenters. The molecule has 212 valence electrons. The average molecular weight is 565 g/mol. The summed E-state index contributed by atoms with van der Waals surface area (Å²) in [6, 6.07) is 43.8. The molecule has 0 saturated carbocycles. The zero-order valence-electron chi connectivity index (χ0n) is 24.4. The van der Waals surface area contributed by atoms with E-state index in [0.717, 1.165) is 39.1 Å². The molecular weight excluding hydrogens is 532 g/mol. The minimum Gasteiger partial charge on any atom is -0.299 e. The van der Waals surface area contributed by atoms with Gasteiger partial charge in [-0.2, -0.15) is 0 Å². The molecule has 43 heavy (non-hydrogen) atoms. The van der Waals surface area contributed by atoms with E-state index in [0.29, 0.717) is 0 Å². The monoisotopic (exact) mass is 564 g/mol. The number of fused-ring (bicyclic) bond motifs is 1. The first-order valence-corrected chi connectivity index (χ1v) is 14.3. The van der Waals surface area contributed by atoms with Gasteiger partial charge in [-0.15, -0.1) is 0 Å². The van der Waals surface area contributed by atoms with Gasteiger partial charge in [0.15, 0.2) is 0 Å². The molecule has 5 aromatic carbocycles. The van der Waals surface area contributed by atoms with Gasteiger partial charge in [0.2, 0.25) is 0 Å². The van der Waals surface area contributed by atoms with Gasteiger partial charge in [0, 0.05) is 23.3 Å². The van der Waals surface area contributed by atoms with Gasteiger partial charge < -0.3 is 0 Å². The molecule has 1 aliphatic heterocycles. The summed E-state index contributed by atoms with van der Waals surface area (Å²) in [6.45, 7) is 6.06. The summed E-state index contributed by atoms with van der Waals surface area (Å²) >= 11 is 0. The van der Waals surface area contributed by atoms with Gasteiger partial charge in [-0.1, -0.05) is 109 Å². The summed E-state index contributed by atoms with van der Waals surface area (Å²) in [7, 11) is 0. The molecule has 0 bridgehead atoms. The largest absolute Gasteiger partial charge is 0.299 e. The quantitative estimate of drug-likeness (QED) is 0.118. The molecule has 0 aliphatic carbocycles. The van der Waals surface area contributed by atoms with E-state index in [1.165, 1.54) is 12.1 Å². The molecule has 6 rings (SSSR count). The van der Waals surface area contributed by atoms with Gasteiger partial charge in [-0.25, -0.2) is 0 Å². The van der Waals surface area contributed by atoms with E-state index >= 15 is 0 Å². The van der Waals surface area contributed by atoms with Crippen LogP contribution in [0.15, 0.2) is 140 Å². The van der Waals surface area contributed by atoms with Crippen LogP contribution < -0.4 is 4.90 Å². The minimum absolute atomic E-state index is 0.110. The zero-order chi connectivity index (χ0) is 30.2. The molecule has 5 heteroatoms. The maximum atomic E-state index is 14.1. The summed E-state index contributed by atoms with van der Waals surface area (Å²) < 4.78 is 0. The molecule has 1 amide bonds. The van der Waals surface area contributed by atoms with Crippen LogP contribution in [-0.2, 0) is 5.41 Å². The van der Waals surface area contributed by atoms with Crippen LogP contribution in [0.2, 0.25) is 0 Å². The molecule has 0 radical (unpaired) electrons. The Morgan fingerprint density at radius 3 is 1.74 bits per heavy atom. The Bertz CT molecular complexity index is 1750. The first-order chi connectivity index (χ1) is 20.7. The van der Waals surface area contributed by atoms with Crippen molar-refractivity contribution in [2.24, 2.45) is 0 Å². The van der Waals surface area contributed by atoms with E-state index in [1.54, 1.807) is 17.0 Å². The lowest BCUT2D eigenvalue weighted by molar-refractivity contribution is -0.384. The van der Waals surface area contributed by atoms with Crippen molar-refractivity contribution < 1.29 is 9.72 Å². The van der Waals surface area contributed by atoms with Crippen LogP contribution in [0.4, 0.5) is 11.4 Å². The Kier molecular flexibility index (Phi) is 7.02. The van der Waals surface area contributed by atoms with E-state index in [4.69, 9.17) is 0 Å². The van der Waals surface area contributed by atoms with E-state index in [9.17, 15) is 14.9 Å². The van der Waals surface area contributed by atoms with Crippen LogP contribution in [0.3, 0.4) is 0 Å². The normalized spacial score (nSPS) is 14.0. The van der Waals surface area contributed by atoms with Crippen molar-refractivity contribution in [2.75, 3.05) is 4.90 Å².